The number of aliphatic hydroxyl groups is 1. The number of rotatable bonds is 1. The minimum atomic E-state index is -0.915. The Labute approximate surface area is 102 Å². The van der Waals surface area contributed by atoms with Crippen LogP contribution in [0.1, 0.15) is 40.0 Å². The average molecular weight is 242 g/mol. The van der Waals surface area contributed by atoms with Crippen LogP contribution in [0.4, 0.5) is 4.79 Å². The van der Waals surface area contributed by atoms with Crippen molar-refractivity contribution in [2.45, 2.75) is 56.8 Å². The summed E-state index contributed by atoms with van der Waals surface area (Å²) in [5.41, 5.74) is 4.20. The molecule has 0 aromatic carbocycles. The van der Waals surface area contributed by atoms with Crippen LogP contribution < -0.4 is 5.73 Å². The quantitative estimate of drug-likeness (QED) is 0.714. The highest BCUT2D eigenvalue weighted by Crippen LogP contribution is 2.43. The Morgan fingerprint density at radius 2 is 1.88 bits per heavy atom. The van der Waals surface area contributed by atoms with Crippen LogP contribution in [0, 0.1) is 0 Å². The van der Waals surface area contributed by atoms with Crippen molar-refractivity contribution in [2.24, 2.45) is 5.73 Å². The van der Waals surface area contributed by atoms with Crippen molar-refractivity contribution in [3.05, 3.63) is 0 Å². The van der Waals surface area contributed by atoms with E-state index in [0.717, 1.165) is 19.3 Å². The fourth-order valence-electron chi connectivity index (χ4n) is 2.38. The molecule has 0 unspecified atom stereocenters. The van der Waals surface area contributed by atoms with Gasteiger partial charge in [0.15, 0.2) is 0 Å². The molecule has 3 N–H and O–H groups in total. The lowest BCUT2D eigenvalue weighted by molar-refractivity contribution is -0.160. The summed E-state index contributed by atoms with van der Waals surface area (Å²) < 4.78 is 5.23. The second-order valence-corrected chi connectivity index (χ2v) is 6.38. The van der Waals surface area contributed by atoms with Gasteiger partial charge in [-0.2, -0.15) is 0 Å². The van der Waals surface area contributed by atoms with Gasteiger partial charge in [0.2, 0.25) is 0 Å². The Morgan fingerprint density at radius 1 is 1.35 bits per heavy atom. The molecule has 1 amide bonds. The Hall–Kier alpha value is -0.810. The summed E-state index contributed by atoms with van der Waals surface area (Å²) in [6, 6.07) is 0. The summed E-state index contributed by atoms with van der Waals surface area (Å²) in [4.78, 5) is 13.2. The van der Waals surface area contributed by atoms with E-state index in [-0.39, 0.29) is 6.09 Å². The molecule has 0 bridgehead atoms. The van der Waals surface area contributed by atoms with E-state index in [1.165, 1.54) is 4.90 Å². The average Bonchev–Trinajstić information content (AvgIpc) is 2.05. The van der Waals surface area contributed by atoms with Crippen LogP contribution in [-0.4, -0.2) is 45.9 Å². The molecule has 0 atom stereocenters. The molecule has 17 heavy (non-hydrogen) atoms. The SMILES string of the molecule is CC(C)(C)OC(=O)N1CC(O)(C2(N)CCC2)C1. The molecule has 1 saturated carbocycles. The van der Waals surface area contributed by atoms with E-state index in [1.807, 2.05) is 20.8 Å². The minimum absolute atomic E-state index is 0.290. The van der Waals surface area contributed by atoms with Gasteiger partial charge in [0.25, 0.3) is 0 Å². The van der Waals surface area contributed by atoms with Gasteiger partial charge in [-0.05, 0) is 40.0 Å². The Morgan fingerprint density at radius 3 is 2.24 bits per heavy atom. The van der Waals surface area contributed by atoms with Gasteiger partial charge in [0, 0.05) is 5.54 Å². The molecular formula is C12H22N2O3. The van der Waals surface area contributed by atoms with E-state index >= 15 is 0 Å². The normalized spacial score (nSPS) is 25.8. The number of nitrogens with two attached hydrogens (primary N) is 1. The standard InChI is InChI=1S/C12H22N2O3/c1-10(2,3)17-9(15)14-7-12(16,8-14)11(13)5-4-6-11/h16H,4-8,13H2,1-3H3. The molecule has 0 spiro atoms. The molecule has 2 fully saturated rings. The molecule has 1 aliphatic heterocycles. The summed E-state index contributed by atoms with van der Waals surface area (Å²) in [5, 5.41) is 10.3. The van der Waals surface area contributed by atoms with Gasteiger partial charge in [0.1, 0.15) is 11.2 Å². The van der Waals surface area contributed by atoms with Crippen molar-refractivity contribution in [3.8, 4) is 0 Å². The molecule has 0 radical (unpaired) electrons. The largest absolute Gasteiger partial charge is 0.444 e. The fraction of sp³-hybridized carbons (Fsp3) is 0.917. The highest BCUT2D eigenvalue weighted by Gasteiger charge is 2.59. The van der Waals surface area contributed by atoms with Crippen molar-refractivity contribution < 1.29 is 14.6 Å². The third-order valence-corrected chi connectivity index (χ3v) is 3.73. The topological polar surface area (TPSA) is 75.8 Å². The zero-order valence-electron chi connectivity index (χ0n) is 10.8. The Balaban J connectivity index is 1.88. The van der Waals surface area contributed by atoms with Gasteiger partial charge >= 0.3 is 6.09 Å². The molecular weight excluding hydrogens is 220 g/mol. The first-order valence-electron chi connectivity index (χ1n) is 6.14. The van der Waals surface area contributed by atoms with Gasteiger partial charge in [-0.1, -0.05) is 0 Å². The molecule has 1 heterocycles. The van der Waals surface area contributed by atoms with Crippen LogP contribution in [0.2, 0.25) is 0 Å². The minimum Gasteiger partial charge on any atom is -0.444 e. The zero-order chi connectivity index (χ0) is 12.9. The molecule has 1 aliphatic carbocycles. The lowest BCUT2D eigenvalue weighted by Crippen LogP contribution is -2.78. The first-order valence-corrected chi connectivity index (χ1v) is 6.14. The van der Waals surface area contributed by atoms with Gasteiger partial charge in [-0.25, -0.2) is 4.79 Å². The number of nitrogens with zero attached hydrogens (tertiary/aromatic N) is 1. The Bertz CT molecular complexity index is 325. The van der Waals surface area contributed by atoms with Crippen LogP contribution >= 0.6 is 0 Å². The summed E-state index contributed by atoms with van der Waals surface area (Å²) in [6.45, 7) is 6.06. The van der Waals surface area contributed by atoms with Crippen LogP contribution in [0.25, 0.3) is 0 Å². The second kappa shape index (κ2) is 3.59. The molecule has 0 aromatic rings. The maximum absolute atomic E-state index is 11.7. The summed E-state index contributed by atoms with van der Waals surface area (Å²) in [5.74, 6) is 0. The predicted octanol–water partition coefficient (Wildman–Crippen LogP) is 0.850. The van der Waals surface area contributed by atoms with E-state index in [9.17, 15) is 9.90 Å². The number of amides is 1. The van der Waals surface area contributed by atoms with Crippen molar-refractivity contribution >= 4 is 6.09 Å². The van der Waals surface area contributed by atoms with Gasteiger partial charge in [-0.3, -0.25) is 0 Å². The maximum Gasteiger partial charge on any atom is 0.410 e. The number of carbonyl (C=O) groups is 1. The monoisotopic (exact) mass is 242 g/mol. The number of likely N-dealkylation sites (tertiary alicyclic amines) is 1. The maximum atomic E-state index is 11.7. The van der Waals surface area contributed by atoms with Crippen LogP contribution in [0.15, 0.2) is 0 Å². The molecule has 2 rings (SSSR count). The third-order valence-electron chi connectivity index (χ3n) is 3.73. The molecule has 0 aromatic heterocycles. The molecule has 2 aliphatic rings. The van der Waals surface area contributed by atoms with Gasteiger partial charge in [0.05, 0.1) is 13.1 Å². The van der Waals surface area contributed by atoms with E-state index in [2.05, 4.69) is 0 Å². The lowest BCUT2D eigenvalue weighted by atomic mass is 9.63. The van der Waals surface area contributed by atoms with Crippen molar-refractivity contribution in [1.82, 2.24) is 4.90 Å². The Kier molecular flexibility index (Phi) is 2.67. The smallest absolute Gasteiger partial charge is 0.410 e. The van der Waals surface area contributed by atoms with Crippen LogP contribution in [-0.2, 0) is 4.74 Å². The lowest BCUT2D eigenvalue weighted by Gasteiger charge is -2.58. The summed E-state index contributed by atoms with van der Waals surface area (Å²) in [7, 11) is 0. The highest BCUT2D eigenvalue weighted by molar-refractivity contribution is 5.70. The first-order chi connectivity index (χ1) is 7.65. The van der Waals surface area contributed by atoms with E-state index in [1.54, 1.807) is 0 Å². The fourth-order valence-corrected chi connectivity index (χ4v) is 2.38. The second-order valence-electron chi connectivity index (χ2n) is 6.38. The predicted molar refractivity (Wildman–Crippen MR) is 63.5 cm³/mol. The number of hydrogen-bond acceptors (Lipinski definition) is 4. The highest BCUT2D eigenvalue weighted by atomic mass is 16.6. The number of ether oxygens (including phenoxy) is 1. The van der Waals surface area contributed by atoms with E-state index in [0.29, 0.717) is 13.1 Å². The van der Waals surface area contributed by atoms with Crippen molar-refractivity contribution in [2.75, 3.05) is 13.1 Å². The van der Waals surface area contributed by atoms with Gasteiger partial charge < -0.3 is 20.5 Å². The zero-order valence-corrected chi connectivity index (χ0v) is 10.8. The van der Waals surface area contributed by atoms with E-state index < -0.39 is 16.7 Å². The van der Waals surface area contributed by atoms with Gasteiger partial charge in [-0.15, -0.1) is 0 Å². The van der Waals surface area contributed by atoms with Crippen molar-refractivity contribution in [1.29, 1.82) is 0 Å². The first kappa shape index (κ1) is 12.6. The molecule has 1 saturated heterocycles. The number of carbonyl (C=O) groups excluding carboxylic acids is 1. The number of β-amino-alcohol motifs (C(OH)–C–C–N with tert-alkyl or cyclic N) is 1. The van der Waals surface area contributed by atoms with Crippen LogP contribution in [0.3, 0.4) is 0 Å². The molecule has 98 valence electrons. The summed E-state index contributed by atoms with van der Waals surface area (Å²) >= 11 is 0. The van der Waals surface area contributed by atoms with Crippen molar-refractivity contribution in [3.63, 3.8) is 0 Å². The third kappa shape index (κ3) is 2.13. The summed E-state index contributed by atoms with van der Waals surface area (Å²) in [6.07, 6.45) is 2.37. The number of hydrogen-bond donors (Lipinski definition) is 2. The molecule has 5 nitrogen and oxygen atoms in total. The molecule has 5 heteroatoms. The van der Waals surface area contributed by atoms with Crippen LogP contribution in [0.5, 0.6) is 0 Å². The van der Waals surface area contributed by atoms with E-state index in [4.69, 9.17) is 10.5 Å².